The zero-order valence-corrected chi connectivity index (χ0v) is 10.5. The van der Waals surface area contributed by atoms with E-state index in [-0.39, 0.29) is 5.56 Å². The third-order valence-corrected chi connectivity index (χ3v) is 4.01. The quantitative estimate of drug-likeness (QED) is 0.798. The monoisotopic (exact) mass is 280 g/mol. The molecule has 0 N–H and O–H groups in total. The van der Waals surface area contributed by atoms with E-state index < -0.39 is 32.6 Å². The van der Waals surface area contributed by atoms with Crippen molar-refractivity contribution in [2.75, 3.05) is 6.26 Å². The summed E-state index contributed by atoms with van der Waals surface area (Å²) in [6.45, 7) is 1.20. The van der Waals surface area contributed by atoms with E-state index in [0.717, 1.165) is 30.5 Å². The lowest BCUT2D eigenvalue weighted by atomic mass is 10.1. The Balaban J connectivity index is 3.04. The van der Waals surface area contributed by atoms with Crippen LogP contribution in [0, 0.1) is 0 Å². The average molecular weight is 280 g/mol. The van der Waals surface area contributed by atoms with Gasteiger partial charge < -0.3 is 0 Å². The van der Waals surface area contributed by atoms with Gasteiger partial charge in [-0.1, -0.05) is 12.1 Å². The van der Waals surface area contributed by atoms with E-state index in [2.05, 4.69) is 0 Å². The van der Waals surface area contributed by atoms with Crippen molar-refractivity contribution in [3.05, 3.63) is 35.4 Å². The molecule has 0 heterocycles. The molecule has 0 radical (unpaired) electrons. The Morgan fingerprint density at radius 2 is 1.61 bits per heavy atom. The molecule has 0 aliphatic rings. The van der Waals surface area contributed by atoms with Crippen LogP contribution in [0.15, 0.2) is 24.3 Å². The predicted molar refractivity (Wildman–Crippen MR) is 60.1 cm³/mol. The lowest BCUT2D eigenvalue weighted by Gasteiger charge is -2.10. The molecule has 0 saturated carbocycles. The highest BCUT2D eigenvalue weighted by Gasteiger charge is 2.31. The summed E-state index contributed by atoms with van der Waals surface area (Å²) < 4.78 is 59.2. The molecular weight excluding hydrogens is 269 g/mol. The predicted octanol–water partition coefficient (Wildman–Crippen LogP) is 2.32. The molecular formula is C11H11F3O3S. The van der Waals surface area contributed by atoms with Gasteiger partial charge in [0.25, 0.3) is 0 Å². The van der Waals surface area contributed by atoms with E-state index in [1.165, 1.54) is 6.92 Å². The number of Topliss-reactive ketones (excluding diaryl/α,β-unsaturated/α-hetero) is 1. The van der Waals surface area contributed by atoms with Gasteiger partial charge in [0.15, 0.2) is 15.6 Å². The smallest absolute Gasteiger partial charge is 0.293 e. The molecule has 0 aliphatic heterocycles. The second kappa shape index (κ2) is 4.72. The first-order chi connectivity index (χ1) is 8.03. The van der Waals surface area contributed by atoms with Gasteiger partial charge in [-0.05, 0) is 19.1 Å². The lowest BCUT2D eigenvalue weighted by Crippen LogP contribution is -2.26. The summed E-state index contributed by atoms with van der Waals surface area (Å²) in [5.74, 6) is -0.716. The van der Waals surface area contributed by atoms with Crippen molar-refractivity contribution < 1.29 is 26.4 Å². The van der Waals surface area contributed by atoms with E-state index in [4.69, 9.17) is 0 Å². The second-order valence-corrected chi connectivity index (χ2v) is 6.28. The summed E-state index contributed by atoms with van der Waals surface area (Å²) >= 11 is 0. The molecule has 18 heavy (non-hydrogen) atoms. The van der Waals surface area contributed by atoms with Crippen molar-refractivity contribution in [1.29, 1.82) is 0 Å². The molecule has 1 aromatic carbocycles. The fourth-order valence-corrected chi connectivity index (χ4v) is 1.78. The molecule has 1 rings (SSSR count). The van der Waals surface area contributed by atoms with Crippen molar-refractivity contribution in [2.24, 2.45) is 0 Å². The van der Waals surface area contributed by atoms with E-state index >= 15 is 0 Å². The average Bonchev–Trinajstić information content (AvgIpc) is 2.25. The van der Waals surface area contributed by atoms with Crippen LogP contribution in [-0.2, 0) is 16.0 Å². The summed E-state index contributed by atoms with van der Waals surface area (Å²) in [6.07, 6.45) is -3.58. The van der Waals surface area contributed by atoms with Gasteiger partial charge in [0, 0.05) is 11.8 Å². The van der Waals surface area contributed by atoms with Crippen LogP contribution >= 0.6 is 0 Å². The number of ketones is 1. The molecule has 100 valence electrons. The topological polar surface area (TPSA) is 51.2 Å². The van der Waals surface area contributed by atoms with Gasteiger partial charge in [-0.15, -0.1) is 0 Å². The summed E-state index contributed by atoms with van der Waals surface area (Å²) in [4.78, 5) is 11.7. The Morgan fingerprint density at radius 1 is 1.17 bits per heavy atom. The first-order valence-electron chi connectivity index (χ1n) is 4.94. The standard InChI is InChI=1S/C11H11F3O3S/c1-7(18(2,16)17)10(15)8-3-5-9(6-4-8)11(12,13)14/h3-7H,1-2H3. The molecule has 0 saturated heterocycles. The first kappa shape index (κ1) is 14.7. The van der Waals surface area contributed by atoms with Crippen LogP contribution in [0.4, 0.5) is 13.2 Å². The highest BCUT2D eigenvalue weighted by atomic mass is 32.2. The maximum Gasteiger partial charge on any atom is 0.416 e. The summed E-state index contributed by atoms with van der Waals surface area (Å²) in [7, 11) is -3.56. The van der Waals surface area contributed by atoms with E-state index in [0.29, 0.717) is 0 Å². The van der Waals surface area contributed by atoms with Gasteiger partial charge in [0.05, 0.1) is 5.56 Å². The Labute approximate surface area is 103 Å². The van der Waals surface area contributed by atoms with Crippen LogP contribution in [0.2, 0.25) is 0 Å². The fraction of sp³-hybridized carbons (Fsp3) is 0.364. The number of sulfone groups is 1. The molecule has 0 aromatic heterocycles. The molecule has 0 fully saturated rings. The normalized spacial score (nSPS) is 14.3. The van der Waals surface area contributed by atoms with E-state index in [9.17, 15) is 26.4 Å². The van der Waals surface area contributed by atoms with Crippen molar-refractivity contribution in [3.63, 3.8) is 0 Å². The highest BCUT2D eigenvalue weighted by Crippen LogP contribution is 2.29. The minimum atomic E-state index is -4.48. The first-order valence-corrected chi connectivity index (χ1v) is 6.89. The molecule has 0 aliphatic carbocycles. The minimum Gasteiger partial charge on any atom is -0.293 e. The van der Waals surface area contributed by atoms with Gasteiger partial charge in [-0.3, -0.25) is 4.79 Å². The SMILES string of the molecule is CC(C(=O)c1ccc(C(F)(F)F)cc1)S(C)(=O)=O. The highest BCUT2D eigenvalue weighted by molar-refractivity contribution is 7.92. The van der Waals surface area contributed by atoms with Gasteiger partial charge in [-0.2, -0.15) is 13.2 Å². The fourth-order valence-electron chi connectivity index (χ4n) is 1.25. The molecule has 7 heteroatoms. The van der Waals surface area contributed by atoms with Crippen LogP contribution in [-0.4, -0.2) is 25.7 Å². The maximum atomic E-state index is 12.3. The summed E-state index contributed by atoms with van der Waals surface area (Å²) in [5, 5.41) is -1.27. The molecule has 0 bridgehead atoms. The Bertz CT molecular complexity index is 544. The molecule has 0 amide bonds. The summed E-state index contributed by atoms with van der Waals surface area (Å²) in [6, 6.07) is 3.46. The number of carbonyl (C=O) groups excluding carboxylic acids is 1. The third kappa shape index (κ3) is 3.32. The minimum absolute atomic E-state index is 0.0547. The number of hydrogen-bond acceptors (Lipinski definition) is 3. The third-order valence-electron chi connectivity index (χ3n) is 2.51. The zero-order valence-electron chi connectivity index (χ0n) is 9.65. The molecule has 1 unspecified atom stereocenters. The number of alkyl halides is 3. The maximum absolute atomic E-state index is 12.3. The molecule has 3 nitrogen and oxygen atoms in total. The number of hydrogen-bond donors (Lipinski definition) is 0. The van der Waals surface area contributed by atoms with E-state index in [1.807, 2.05) is 0 Å². The Kier molecular flexibility index (Phi) is 3.85. The number of rotatable bonds is 3. The van der Waals surface area contributed by atoms with Crippen LogP contribution in [0.3, 0.4) is 0 Å². The number of halogens is 3. The number of benzene rings is 1. The van der Waals surface area contributed by atoms with E-state index in [1.54, 1.807) is 0 Å². The zero-order chi connectivity index (χ0) is 14.1. The van der Waals surface area contributed by atoms with Gasteiger partial charge in [0.1, 0.15) is 5.25 Å². The van der Waals surface area contributed by atoms with Gasteiger partial charge >= 0.3 is 6.18 Å². The van der Waals surface area contributed by atoms with Gasteiger partial charge in [0.2, 0.25) is 0 Å². The van der Waals surface area contributed by atoms with Crippen LogP contribution < -0.4 is 0 Å². The molecule has 0 spiro atoms. The largest absolute Gasteiger partial charge is 0.416 e. The van der Waals surface area contributed by atoms with Crippen molar-refractivity contribution in [3.8, 4) is 0 Å². The van der Waals surface area contributed by atoms with Crippen molar-refractivity contribution in [2.45, 2.75) is 18.3 Å². The lowest BCUT2D eigenvalue weighted by molar-refractivity contribution is -0.137. The Hall–Kier alpha value is -1.37. The van der Waals surface area contributed by atoms with Crippen molar-refractivity contribution in [1.82, 2.24) is 0 Å². The second-order valence-electron chi connectivity index (χ2n) is 3.91. The van der Waals surface area contributed by atoms with Crippen LogP contribution in [0.5, 0.6) is 0 Å². The Morgan fingerprint density at radius 3 is 1.94 bits per heavy atom. The van der Waals surface area contributed by atoms with Crippen LogP contribution in [0.1, 0.15) is 22.8 Å². The molecule has 1 aromatic rings. The van der Waals surface area contributed by atoms with Crippen LogP contribution in [0.25, 0.3) is 0 Å². The number of carbonyl (C=O) groups is 1. The summed E-state index contributed by atoms with van der Waals surface area (Å²) in [5.41, 5.74) is -0.938. The van der Waals surface area contributed by atoms with Crippen molar-refractivity contribution >= 4 is 15.6 Å². The molecule has 1 atom stereocenters. The van der Waals surface area contributed by atoms with Gasteiger partial charge in [-0.25, -0.2) is 8.42 Å².